The van der Waals surface area contributed by atoms with Gasteiger partial charge in [0.2, 0.25) is 0 Å². The number of sulfonamides is 1. The minimum atomic E-state index is -4.12. The second-order valence-electron chi connectivity index (χ2n) is 6.94. The van der Waals surface area contributed by atoms with Gasteiger partial charge in [0.1, 0.15) is 4.90 Å². The number of rotatable bonds is 9. The lowest BCUT2D eigenvalue weighted by atomic mass is 10.1. The molecule has 0 spiro atoms. The molecule has 0 bridgehead atoms. The highest BCUT2D eigenvalue weighted by atomic mass is 35.5. The molecule has 2 rings (SSSR count). The van der Waals surface area contributed by atoms with Crippen LogP contribution in [0.3, 0.4) is 0 Å². The Bertz CT molecular complexity index is 1010. The molecule has 0 aliphatic carbocycles. The summed E-state index contributed by atoms with van der Waals surface area (Å²) in [4.78, 5) is 10.2. The summed E-state index contributed by atoms with van der Waals surface area (Å²) in [5.41, 5.74) is 3.61. The SMILES string of the molecule is CC(CCC(C)C)=NNc1ccc([N+](=O)[O-])cc1S(=O)(=O)Nc1ccc(Cl)cc1. The molecule has 0 atom stereocenters. The van der Waals surface area contributed by atoms with Gasteiger partial charge >= 0.3 is 0 Å². The third-order valence-corrected chi connectivity index (χ3v) is 5.69. The number of hydrogen-bond donors (Lipinski definition) is 2. The van der Waals surface area contributed by atoms with Crippen LogP contribution in [0.15, 0.2) is 52.5 Å². The first-order valence-corrected chi connectivity index (χ1v) is 10.8. The van der Waals surface area contributed by atoms with Crippen LogP contribution in [0.4, 0.5) is 17.1 Å². The summed E-state index contributed by atoms with van der Waals surface area (Å²) in [6, 6.07) is 9.62. The van der Waals surface area contributed by atoms with E-state index >= 15 is 0 Å². The highest BCUT2D eigenvalue weighted by molar-refractivity contribution is 7.92. The average molecular weight is 439 g/mol. The van der Waals surface area contributed by atoms with Gasteiger partial charge < -0.3 is 0 Å². The fourth-order valence-corrected chi connectivity index (χ4v) is 3.74. The number of nitrogens with zero attached hydrogens (tertiary/aromatic N) is 2. The largest absolute Gasteiger partial charge is 0.280 e. The van der Waals surface area contributed by atoms with Gasteiger partial charge in [0.25, 0.3) is 15.7 Å². The predicted octanol–water partition coefficient (Wildman–Crippen LogP) is 5.27. The van der Waals surface area contributed by atoms with E-state index in [1.54, 1.807) is 0 Å². The summed E-state index contributed by atoms with van der Waals surface area (Å²) < 4.78 is 28.2. The summed E-state index contributed by atoms with van der Waals surface area (Å²) in [7, 11) is -4.12. The molecule has 0 fully saturated rings. The molecule has 0 aliphatic heterocycles. The minimum Gasteiger partial charge on any atom is -0.280 e. The zero-order chi connectivity index (χ0) is 21.6. The summed E-state index contributed by atoms with van der Waals surface area (Å²) in [5.74, 6) is 0.513. The van der Waals surface area contributed by atoms with Crippen LogP contribution >= 0.6 is 11.6 Å². The Morgan fingerprint density at radius 3 is 2.45 bits per heavy atom. The summed E-state index contributed by atoms with van der Waals surface area (Å²) >= 11 is 5.82. The van der Waals surface area contributed by atoms with E-state index in [0.29, 0.717) is 10.9 Å². The van der Waals surface area contributed by atoms with E-state index in [2.05, 4.69) is 29.1 Å². The Labute approximate surface area is 175 Å². The highest BCUT2D eigenvalue weighted by Gasteiger charge is 2.22. The number of non-ortho nitro benzene ring substituents is 1. The van der Waals surface area contributed by atoms with Crippen LogP contribution < -0.4 is 10.1 Å². The van der Waals surface area contributed by atoms with Gasteiger partial charge in [-0.25, -0.2) is 8.42 Å². The number of nitrogens with one attached hydrogen (secondary N) is 2. The minimum absolute atomic E-state index is 0.140. The van der Waals surface area contributed by atoms with E-state index in [-0.39, 0.29) is 22.0 Å². The quantitative estimate of drug-likeness (QED) is 0.314. The van der Waals surface area contributed by atoms with Crippen molar-refractivity contribution in [1.29, 1.82) is 0 Å². The highest BCUT2D eigenvalue weighted by Crippen LogP contribution is 2.28. The number of nitro benzene ring substituents is 1. The molecular formula is C19H23ClN4O4S. The van der Waals surface area contributed by atoms with Crippen LogP contribution in [0.2, 0.25) is 5.02 Å². The normalized spacial score (nSPS) is 12.1. The molecule has 0 amide bonds. The monoisotopic (exact) mass is 438 g/mol. The molecule has 0 saturated carbocycles. The third kappa shape index (κ3) is 6.72. The van der Waals surface area contributed by atoms with Crippen molar-refractivity contribution in [3.63, 3.8) is 0 Å². The van der Waals surface area contributed by atoms with Gasteiger partial charge in [-0.05, 0) is 56.0 Å². The van der Waals surface area contributed by atoms with E-state index in [9.17, 15) is 18.5 Å². The number of anilines is 2. The van der Waals surface area contributed by atoms with Crippen molar-refractivity contribution >= 4 is 44.4 Å². The van der Waals surface area contributed by atoms with Crippen molar-refractivity contribution in [2.45, 2.75) is 38.5 Å². The molecule has 8 nitrogen and oxygen atoms in total. The number of nitro groups is 1. The van der Waals surface area contributed by atoms with Gasteiger partial charge in [-0.15, -0.1) is 0 Å². The Hall–Kier alpha value is -2.65. The van der Waals surface area contributed by atoms with Crippen molar-refractivity contribution in [2.75, 3.05) is 10.1 Å². The third-order valence-electron chi connectivity index (χ3n) is 4.01. The number of hydrogen-bond acceptors (Lipinski definition) is 6. The van der Waals surface area contributed by atoms with E-state index in [1.807, 2.05) is 6.92 Å². The van der Waals surface area contributed by atoms with Crippen LogP contribution in [0.5, 0.6) is 0 Å². The maximum absolute atomic E-state index is 12.9. The Morgan fingerprint density at radius 1 is 1.21 bits per heavy atom. The standard InChI is InChI=1S/C19H23ClN4O4S/c1-13(2)4-5-14(3)21-22-18-11-10-17(24(25)26)12-19(18)29(27,28)23-16-8-6-15(20)7-9-16/h6-13,22-23H,4-5H2,1-3H3. The summed E-state index contributed by atoms with van der Waals surface area (Å²) in [6.45, 7) is 6.04. The van der Waals surface area contributed by atoms with Crippen molar-refractivity contribution in [3.8, 4) is 0 Å². The second kappa shape index (κ2) is 9.71. The Kier molecular flexibility index (Phi) is 7.58. The molecule has 2 aromatic carbocycles. The predicted molar refractivity (Wildman–Crippen MR) is 116 cm³/mol. The maximum atomic E-state index is 12.9. The second-order valence-corrected chi connectivity index (χ2v) is 9.03. The lowest BCUT2D eigenvalue weighted by Crippen LogP contribution is -2.15. The molecule has 0 radical (unpaired) electrons. The van der Waals surface area contributed by atoms with Crippen molar-refractivity contribution < 1.29 is 13.3 Å². The summed E-state index contributed by atoms with van der Waals surface area (Å²) in [6.07, 6.45) is 1.70. The van der Waals surface area contributed by atoms with E-state index in [4.69, 9.17) is 11.6 Å². The molecule has 156 valence electrons. The molecule has 29 heavy (non-hydrogen) atoms. The smallest absolute Gasteiger partial charge is 0.270 e. The van der Waals surface area contributed by atoms with E-state index in [1.165, 1.54) is 36.4 Å². The van der Waals surface area contributed by atoms with Gasteiger partial charge in [-0.2, -0.15) is 5.10 Å². The first kappa shape index (κ1) is 22.6. The Balaban J connectivity index is 2.36. The zero-order valence-electron chi connectivity index (χ0n) is 16.3. The topological polar surface area (TPSA) is 114 Å². The molecule has 0 heterocycles. The van der Waals surface area contributed by atoms with Crippen LogP contribution in [-0.2, 0) is 10.0 Å². The van der Waals surface area contributed by atoms with E-state index in [0.717, 1.165) is 24.6 Å². The molecule has 10 heteroatoms. The van der Waals surface area contributed by atoms with Gasteiger partial charge in [0.15, 0.2) is 0 Å². The molecule has 0 saturated heterocycles. The van der Waals surface area contributed by atoms with Crippen LogP contribution in [0.1, 0.15) is 33.6 Å². The number of halogens is 1. The number of hydrazone groups is 1. The zero-order valence-corrected chi connectivity index (χ0v) is 17.9. The van der Waals surface area contributed by atoms with E-state index < -0.39 is 14.9 Å². The van der Waals surface area contributed by atoms with Crippen LogP contribution in [-0.4, -0.2) is 19.1 Å². The first-order valence-electron chi connectivity index (χ1n) is 8.94. The molecule has 0 unspecified atom stereocenters. The molecule has 0 aliphatic rings. The molecule has 0 aromatic heterocycles. The number of benzene rings is 2. The van der Waals surface area contributed by atoms with Gasteiger partial charge in [0, 0.05) is 28.6 Å². The van der Waals surface area contributed by atoms with Gasteiger partial charge in [-0.3, -0.25) is 20.3 Å². The molecule has 2 aromatic rings. The molecule has 2 N–H and O–H groups in total. The van der Waals surface area contributed by atoms with Gasteiger partial charge in [-0.1, -0.05) is 25.4 Å². The lowest BCUT2D eigenvalue weighted by Gasteiger charge is -2.13. The van der Waals surface area contributed by atoms with Crippen LogP contribution in [0, 0.1) is 16.0 Å². The molecular weight excluding hydrogens is 416 g/mol. The Morgan fingerprint density at radius 2 is 1.86 bits per heavy atom. The van der Waals surface area contributed by atoms with Crippen molar-refractivity contribution in [2.24, 2.45) is 11.0 Å². The van der Waals surface area contributed by atoms with Crippen LogP contribution in [0.25, 0.3) is 0 Å². The lowest BCUT2D eigenvalue weighted by molar-refractivity contribution is -0.385. The summed E-state index contributed by atoms with van der Waals surface area (Å²) in [5, 5.41) is 15.8. The van der Waals surface area contributed by atoms with Crippen molar-refractivity contribution in [1.82, 2.24) is 0 Å². The first-order chi connectivity index (χ1) is 13.6. The van der Waals surface area contributed by atoms with Gasteiger partial charge in [0.05, 0.1) is 10.6 Å². The average Bonchev–Trinajstić information content (AvgIpc) is 2.66. The fraction of sp³-hybridized carbons (Fsp3) is 0.316. The maximum Gasteiger partial charge on any atom is 0.270 e. The fourth-order valence-electron chi connectivity index (χ4n) is 2.38. The van der Waals surface area contributed by atoms with Crippen molar-refractivity contribution in [3.05, 3.63) is 57.6 Å².